The van der Waals surface area contributed by atoms with Crippen LogP contribution in [0.1, 0.15) is 36.1 Å². The fourth-order valence-corrected chi connectivity index (χ4v) is 7.27. The molecule has 3 heteroatoms. The molecule has 0 radical (unpaired) electrons. The normalized spacial score (nSPS) is 13.8. The lowest BCUT2D eigenvalue weighted by molar-refractivity contribution is 0.661. The van der Waals surface area contributed by atoms with Crippen molar-refractivity contribution in [2.45, 2.75) is 25.7 Å². The van der Waals surface area contributed by atoms with Gasteiger partial charge in [0.05, 0.1) is 0 Å². The molecule has 0 atom stereocenters. The summed E-state index contributed by atoms with van der Waals surface area (Å²) >= 11 is 0. The molecule has 0 saturated carbocycles. The number of benzene rings is 6. The highest BCUT2D eigenvalue weighted by Gasteiger charge is 2.35. The lowest BCUT2D eigenvalue weighted by Gasteiger charge is -2.22. The third kappa shape index (κ3) is 3.72. The first-order chi connectivity index (χ1) is 21.5. The average Bonchev–Trinajstić information content (AvgIpc) is 3.55. The van der Waals surface area contributed by atoms with Gasteiger partial charge in [-0.05, 0) is 79.9 Å². The fraction of sp³-hybridized carbons (Fsp3) is 0.0976. The van der Waals surface area contributed by atoms with Gasteiger partial charge < -0.3 is 0 Å². The first kappa shape index (κ1) is 25.1. The van der Waals surface area contributed by atoms with E-state index in [1.807, 2.05) is 18.2 Å². The zero-order chi connectivity index (χ0) is 29.4. The van der Waals surface area contributed by atoms with Crippen molar-refractivity contribution in [2.24, 2.45) is 0 Å². The summed E-state index contributed by atoms with van der Waals surface area (Å²) in [5, 5.41) is 2.34. The van der Waals surface area contributed by atoms with E-state index in [4.69, 9.17) is 15.0 Å². The summed E-state index contributed by atoms with van der Waals surface area (Å²) in [7, 11) is 0. The highest BCUT2D eigenvalue weighted by atomic mass is 15.0. The standard InChI is InChI=1S/C41H29N3/c1-41(2)36-18-9-8-16-31(36)35-22-27-14-10-17-32(34(27)24-37(35)41)40-43-38(25-11-4-3-5-12-25)42-39(44-40)29-20-19-28-21-26-13-6-7-15-30(26)33(28)23-29/h3-20,22-24H,21H2,1-2H3. The SMILES string of the molecule is CC1(C)c2ccccc2-c2cc3cccc(-c4nc(-c5ccccc5)nc(-c5ccc6c(c5)-c5ccccc5C6)n4)c3cc21. The predicted octanol–water partition coefficient (Wildman–Crippen LogP) is 9.90. The van der Waals surface area contributed by atoms with E-state index in [2.05, 4.69) is 123 Å². The molecule has 1 heterocycles. The zero-order valence-electron chi connectivity index (χ0n) is 24.7. The second-order valence-electron chi connectivity index (χ2n) is 12.5. The van der Waals surface area contributed by atoms with E-state index in [-0.39, 0.29) is 5.41 Å². The van der Waals surface area contributed by atoms with Crippen LogP contribution in [-0.4, -0.2) is 15.0 Å². The Hall–Kier alpha value is -5.41. The Morgan fingerprint density at radius 1 is 0.455 bits per heavy atom. The van der Waals surface area contributed by atoms with E-state index in [1.165, 1.54) is 49.9 Å². The van der Waals surface area contributed by atoms with Crippen molar-refractivity contribution in [1.82, 2.24) is 15.0 Å². The van der Waals surface area contributed by atoms with Crippen molar-refractivity contribution in [1.29, 1.82) is 0 Å². The summed E-state index contributed by atoms with van der Waals surface area (Å²) in [5.41, 5.74) is 13.5. The minimum Gasteiger partial charge on any atom is -0.208 e. The van der Waals surface area contributed by atoms with E-state index in [0.29, 0.717) is 17.5 Å². The lowest BCUT2D eigenvalue weighted by Crippen LogP contribution is -2.14. The Labute approximate surface area is 257 Å². The minimum atomic E-state index is -0.0899. The molecule has 6 aromatic carbocycles. The lowest BCUT2D eigenvalue weighted by atomic mass is 9.81. The summed E-state index contributed by atoms with van der Waals surface area (Å²) in [6.07, 6.45) is 0.962. The molecule has 0 spiro atoms. The van der Waals surface area contributed by atoms with Crippen LogP contribution in [0.3, 0.4) is 0 Å². The van der Waals surface area contributed by atoms with Crippen molar-refractivity contribution < 1.29 is 0 Å². The Morgan fingerprint density at radius 2 is 1.14 bits per heavy atom. The summed E-state index contributed by atoms with van der Waals surface area (Å²) in [6.45, 7) is 4.65. The van der Waals surface area contributed by atoms with Crippen molar-refractivity contribution in [3.8, 4) is 56.4 Å². The molecule has 0 fully saturated rings. The molecule has 7 aromatic rings. The Balaban J connectivity index is 1.26. The van der Waals surface area contributed by atoms with Crippen LogP contribution < -0.4 is 0 Å². The number of fused-ring (bicyclic) bond motifs is 7. The van der Waals surface area contributed by atoms with Crippen molar-refractivity contribution >= 4 is 10.8 Å². The van der Waals surface area contributed by atoms with Gasteiger partial charge in [-0.2, -0.15) is 0 Å². The van der Waals surface area contributed by atoms with E-state index in [1.54, 1.807) is 0 Å². The van der Waals surface area contributed by atoms with Crippen LogP contribution in [0.2, 0.25) is 0 Å². The molecule has 0 unspecified atom stereocenters. The van der Waals surface area contributed by atoms with E-state index >= 15 is 0 Å². The topological polar surface area (TPSA) is 38.7 Å². The van der Waals surface area contributed by atoms with Crippen LogP contribution in [0.4, 0.5) is 0 Å². The molecule has 1 aromatic heterocycles. The zero-order valence-corrected chi connectivity index (χ0v) is 24.7. The van der Waals surface area contributed by atoms with Gasteiger partial charge in [-0.3, -0.25) is 0 Å². The van der Waals surface area contributed by atoms with Gasteiger partial charge in [0, 0.05) is 22.1 Å². The second-order valence-corrected chi connectivity index (χ2v) is 12.5. The molecular weight excluding hydrogens is 534 g/mol. The molecule has 0 amide bonds. The van der Waals surface area contributed by atoms with E-state index in [0.717, 1.165) is 28.5 Å². The van der Waals surface area contributed by atoms with Gasteiger partial charge in [0.15, 0.2) is 17.5 Å². The maximum atomic E-state index is 5.18. The summed E-state index contributed by atoms with van der Waals surface area (Å²) in [5.74, 6) is 2.05. The monoisotopic (exact) mass is 563 g/mol. The highest BCUT2D eigenvalue weighted by molar-refractivity contribution is 6.00. The van der Waals surface area contributed by atoms with Gasteiger partial charge in [0.1, 0.15) is 0 Å². The third-order valence-corrected chi connectivity index (χ3v) is 9.55. The molecular formula is C41H29N3. The van der Waals surface area contributed by atoms with Gasteiger partial charge in [-0.15, -0.1) is 0 Å². The first-order valence-electron chi connectivity index (χ1n) is 15.3. The van der Waals surface area contributed by atoms with Gasteiger partial charge in [0.25, 0.3) is 0 Å². The maximum Gasteiger partial charge on any atom is 0.164 e. The third-order valence-electron chi connectivity index (χ3n) is 9.55. The molecule has 0 bridgehead atoms. The number of hydrogen-bond donors (Lipinski definition) is 0. The van der Waals surface area contributed by atoms with Crippen LogP contribution in [0.25, 0.3) is 67.2 Å². The number of nitrogens with zero attached hydrogens (tertiary/aromatic N) is 3. The quantitative estimate of drug-likeness (QED) is 0.215. The summed E-state index contributed by atoms with van der Waals surface area (Å²) in [6, 6.07) is 45.5. The number of hydrogen-bond acceptors (Lipinski definition) is 3. The molecule has 3 nitrogen and oxygen atoms in total. The molecule has 208 valence electrons. The van der Waals surface area contributed by atoms with Crippen LogP contribution in [0.5, 0.6) is 0 Å². The van der Waals surface area contributed by atoms with Crippen LogP contribution in [0, 0.1) is 0 Å². The van der Waals surface area contributed by atoms with Gasteiger partial charge in [-0.1, -0.05) is 123 Å². The van der Waals surface area contributed by atoms with Crippen LogP contribution in [-0.2, 0) is 11.8 Å². The maximum absolute atomic E-state index is 5.18. The smallest absolute Gasteiger partial charge is 0.164 e. The highest BCUT2D eigenvalue weighted by Crippen LogP contribution is 2.50. The Kier molecular flexibility index (Phi) is 5.31. The Bertz CT molecular complexity index is 2280. The number of aromatic nitrogens is 3. The number of rotatable bonds is 3. The van der Waals surface area contributed by atoms with Crippen molar-refractivity contribution in [3.63, 3.8) is 0 Å². The fourth-order valence-electron chi connectivity index (χ4n) is 7.27. The molecule has 44 heavy (non-hydrogen) atoms. The van der Waals surface area contributed by atoms with Gasteiger partial charge in [0.2, 0.25) is 0 Å². The van der Waals surface area contributed by atoms with E-state index < -0.39 is 0 Å². The van der Waals surface area contributed by atoms with Crippen molar-refractivity contribution in [3.05, 3.63) is 150 Å². The molecule has 0 saturated heterocycles. The van der Waals surface area contributed by atoms with Crippen molar-refractivity contribution in [2.75, 3.05) is 0 Å². The molecule has 2 aliphatic rings. The van der Waals surface area contributed by atoms with E-state index in [9.17, 15) is 0 Å². The molecule has 9 rings (SSSR count). The average molecular weight is 564 g/mol. The van der Waals surface area contributed by atoms with Crippen LogP contribution >= 0.6 is 0 Å². The molecule has 2 aliphatic carbocycles. The van der Waals surface area contributed by atoms with Crippen LogP contribution in [0.15, 0.2) is 127 Å². The summed E-state index contributed by atoms with van der Waals surface area (Å²) in [4.78, 5) is 15.3. The Morgan fingerprint density at radius 3 is 2.00 bits per heavy atom. The van der Waals surface area contributed by atoms with Gasteiger partial charge >= 0.3 is 0 Å². The molecule has 0 aliphatic heterocycles. The largest absolute Gasteiger partial charge is 0.208 e. The van der Waals surface area contributed by atoms with Gasteiger partial charge in [-0.25, -0.2) is 15.0 Å². The predicted molar refractivity (Wildman–Crippen MR) is 179 cm³/mol. The summed E-state index contributed by atoms with van der Waals surface area (Å²) < 4.78 is 0. The molecule has 0 N–H and O–H groups in total. The first-order valence-corrected chi connectivity index (χ1v) is 15.3. The second kappa shape index (κ2) is 9.29. The minimum absolute atomic E-state index is 0.0899.